The Morgan fingerprint density at radius 3 is 2.78 bits per heavy atom. The number of nitrogens with zero attached hydrogens (tertiary/aromatic N) is 1. The lowest BCUT2D eigenvalue weighted by Gasteiger charge is -2.24. The van der Waals surface area contributed by atoms with Crippen molar-refractivity contribution in [2.45, 2.75) is 5.37 Å². The molecule has 2 aromatic rings. The predicted molar refractivity (Wildman–Crippen MR) is 88.7 cm³/mol. The van der Waals surface area contributed by atoms with Crippen molar-refractivity contribution in [2.24, 2.45) is 0 Å². The van der Waals surface area contributed by atoms with Crippen LogP contribution >= 0.6 is 23.4 Å². The van der Waals surface area contributed by atoms with E-state index in [-0.39, 0.29) is 17.1 Å². The molecule has 1 saturated heterocycles. The van der Waals surface area contributed by atoms with E-state index in [0.717, 1.165) is 23.4 Å². The van der Waals surface area contributed by atoms with Crippen LogP contribution in [0.4, 0.5) is 19.3 Å². The topological polar surface area (TPSA) is 32.3 Å². The van der Waals surface area contributed by atoms with E-state index < -0.39 is 11.6 Å². The van der Waals surface area contributed by atoms with Crippen LogP contribution in [0.15, 0.2) is 42.5 Å². The van der Waals surface area contributed by atoms with Crippen LogP contribution in [0.25, 0.3) is 0 Å². The summed E-state index contributed by atoms with van der Waals surface area (Å²) >= 11 is 7.64. The first-order chi connectivity index (χ1) is 11.0. The molecule has 0 radical (unpaired) electrons. The van der Waals surface area contributed by atoms with Crippen molar-refractivity contribution in [3.05, 3.63) is 64.7 Å². The van der Waals surface area contributed by atoms with Crippen molar-refractivity contribution in [2.75, 3.05) is 17.6 Å². The molecule has 1 atom stereocenters. The minimum absolute atomic E-state index is 0.154. The molecular formula is C16H13ClF2N2OS. The number of anilines is 1. The molecule has 1 heterocycles. The summed E-state index contributed by atoms with van der Waals surface area (Å²) in [6.07, 6.45) is 0. The summed E-state index contributed by atoms with van der Waals surface area (Å²) in [4.78, 5) is 14.1. The third kappa shape index (κ3) is 3.59. The predicted octanol–water partition coefficient (Wildman–Crippen LogP) is 4.90. The molecule has 1 N–H and O–H groups in total. The van der Waals surface area contributed by atoms with Gasteiger partial charge in [0.25, 0.3) is 0 Å². The number of rotatable bonds is 2. The van der Waals surface area contributed by atoms with Crippen molar-refractivity contribution in [3.63, 3.8) is 0 Å². The van der Waals surface area contributed by atoms with Crippen LogP contribution in [0.5, 0.6) is 0 Å². The lowest BCUT2D eigenvalue weighted by molar-refractivity contribution is 0.214. The SMILES string of the molecule is O=C(Nc1ccc(F)c(F)c1)N1CCSC1c1cccc(Cl)c1. The highest BCUT2D eigenvalue weighted by Gasteiger charge is 2.30. The monoisotopic (exact) mass is 354 g/mol. The molecule has 3 rings (SSSR count). The first-order valence-electron chi connectivity index (χ1n) is 6.94. The fourth-order valence-electron chi connectivity index (χ4n) is 2.38. The van der Waals surface area contributed by atoms with Crippen LogP contribution in [0.1, 0.15) is 10.9 Å². The number of halogens is 3. The summed E-state index contributed by atoms with van der Waals surface area (Å²) in [5.41, 5.74) is 1.15. The minimum atomic E-state index is -0.995. The van der Waals surface area contributed by atoms with Gasteiger partial charge in [0.1, 0.15) is 5.37 Å². The number of thioether (sulfide) groups is 1. The van der Waals surface area contributed by atoms with Gasteiger partial charge in [0.15, 0.2) is 11.6 Å². The maximum atomic E-state index is 13.2. The average Bonchev–Trinajstić information content (AvgIpc) is 3.00. The molecule has 23 heavy (non-hydrogen) atoms. The van der Waals surface area contributed by atoms with Crippen molar-refractivity contribution >= 4 is 35.1 Å². The maximum Gasteiger partial charge on any atom is 0.323 e. The Labute approximate surface area is 141 Å². The van der Waals surface area contributed by atoms with Gasteiger partial charge in [-0.2, -0.15) is 0 Å². The molecule has 0 saturated carbocycles. The largest absolute Gasteiger partial charge is 0.323 e. The molecule has 0 spiro atoms. The Morgan fingerprint density at radius 1 is 1.22 bits per heavy atom. The zero-order valence-corrected chi connectivity index (χ0v) is 13.5. The number of nitrogens with one attached hydrogen (secondary N) is 1. The number of benzene rings is 2. The zero-order chi connectivity index (χ0) is 16.4. The molecule has 2 amide bonds. The van der Waals surface area contributed by atoms with E-state index in [4.69, 9.17) is 11.6 Å². The van der Waals surface area contributed by atoms with E-state index in [9.17, 15) is 13.6 Å². The van der Waals surface area contributed by atoms with Crippen molar-refractivity contribution < 1.29 is 13.6 Å². The van der Waals surface area contributed by atoms with Gasteiger partial charge >= 0.3 is 6.03 Å². The second-order valence-electron chi connectivity index (χ2n) is 5.03. The van der Waals surface area contributed by atoms with E-state index in [1.165, 1.54) is 6.07 Å². The van der Waals surface area contributed by atoms with Crippen LogP contribution in [0.2, 0.25) is 5.02 Å². The number of hydrogen-bond donors (Lipinski definition) is 1. The Bertz CT molecular complexity index is 744. The highest BCUT2D eigenvalue weighted by molar-refractivity contribution is 7.99. The van der Waals surface area contributed by atoms with Gasteiger partial charge in [-0.05, 0) is 29.8 Å². The molecule has 120 valence electrons. The summed E-state index contributed by atoms with van der Waals surface area (Å²) < 4.78 is 26.2. The van der Waals surface area contributed by atoms with E-state index >= 15 is 0 Å². The maximum absolute atomic E-state index is 13.2. The molecular weight excluding hydrogens is 342 g/mol. The van der Waals surface area contributed by atoms with Gasteiger partial charge in [-0.15, -0.1) is 11.8 Å². The van der Waals surface area contributed by atoms with Gasteiger partial charge in [-0.3, -0.25) is 0 Å². The van der Waals surface area contributed by atoms with Gasteiger partial charge in [0.2, 0.25) is 0 Å². The molecule has 2 aromatic carbocycles. The zero-order valence-electron chi connectivity index (χ0n) is 11.9. The second-order valence-corrected chi connectivity index (χ2v) is 6.66. The molecule has 0 aliphatic carbocycles. The van der Waals surface area contributed by atoms with Crippen molar-refractivity contribution in [3.8, 4) is 0 Å². The molecule has 1 aliphatic heterocycles. The Kier molecular flexibility index (Phi) is 4.73. The third-order valence-corrected chi connectivity index (χ3v) is 4.95. The van der Waals surface area contributed by atoms with Gasteiger partial charge in [-0.25, -0.2) is 13.6 Å². The van der Waals surface area contributed by atoms with Gasteiger partial charge in [-0.1, -0.05) is 23.7 Å². The smallest absolute Gasteiger partial charge is 0.308 e. The lowest BCUT2D eigenvalue weighted by atomic mass is 10.2. The highest BCUT2D eigenvalue weighted by atomic mass is 35.5. The molecule has 1 aliphatic rings. The quantitative estimate of drug-likeness (QED) is 0.832. The number of amides is 2. The van der Waals surface area contributed by atoms with Gasteiger partial charge < -0.3 is 10.2 Å². The van der Waals surface area contributed by atoms with Crippen LogP contribution in [0.3, 0.4) is 0 Å². The summed E-state index contributed by atoms with van der Waals surface area (Å²) in [7, 11) is 0. The summed E-state index contributed by atoms with van der Waals surface area (Å²) in [5, 5.41) is 3.05. The van der Waals surface area contributed by atoms with E-state index in [0.29, 0.717) is 11.6 Å². The fourth-order valence-corrected chi connectivity index (χ4v) is 3.83. The Morgan fingerprint density at radius 2 is 2.04 bits per heavy atom. The number of carbonyl (C=O) groups excluding carboxylic acids is 1. The van der Waals surface area contributed by atoms with Gasteiger partial charge in [0.05, 0.1) is 0 Å². The fraction of sp³-hybridized carbons (Fsp3) is 0.188. The Hall–Kier alpha value is -1.79. The molecule has 0 aromatic heterocycles. The molecule has 3 nitrogen and oxygen atoms in total. The van der Waals surface area contributed by atoms with Crippen molar-refractivity contribution in [1.29, 1.82) is 0 Å². The number of urea groups is 1. The standard InChI is InChI=1S/C16H13ClF2N2OS/c17-11-3-1-2-10(8-11)15-21(6-7-23-15)16(22)20-12-4-5-13(18)14(19)9-12/h1-5,8-9,15H,6-7H2,(H,20,22). The third-order valence-electron chi connectivity index (χ3n) is 3.46. The molecule has 1 fully saturated rings. The summed E-state index contributed by atoms with van der Waals surface area (Å²) in [6.45, 7) is 0.567. The first-order valence-corrected chi connectivity index (χ1v) is 8.37. The van der Waals surface area contributed by atoms with E-state index in [1.807, 2.05) is 18.2 Å². The molecule has 0 bridgehead atoms. The second kappa shape index (κ2) is 6.76. The van der Waals surface area contributed by atoms with Crippen molar-refractivity contribution in [1.82, 2.24) is 4.90 Å². The van der Waals surface area contributed by atoms with Gasteiger partial charge in [0, 0.05) is 29.1 Å². The van der Waals surface area contributed by atoms with Crippen LogP contribution in [-0.2, 0) is 0 Å². The first kappa shape index (κ1) is 16.1. The summed E-state index contributed by atoms with van der Waals surface area (Å²) in [6, 6.07) is 10.3. The van der Waals surface area contributed by atoms with Crippen LogP contribution in [-0.4, -0.2) is 23.2 Å². The molecule has 7 heteroatoms. The summed E-state index contributed by atoms with van der Waals surface area (Å²) in [5.74, 6) is -1.15. The van der Waals surface area contributed by atoms with Crippen LogP contribution < -0.4 is 5.32 Å². The lowest BCUT2D eigenvalue weighted by Crippen LogP contribution is -2.34. The Balaban J connectivity index is 1.76. The van der Waals surface area contributed by atoms with Crippen LogP contribution in [0, 0.1) is 11.6 Å². The normalized spacial score (nSPS) is 17.3. The minimum Gasteiger partial charge on any atom is -0.308 e. The number of hydrogen-bond acceptors (Lipinski definition) is 2. The number of carbonyl (C=O) groups is 1. The average molecular weight is 355 g/mol. The highest BCUT2D eigenvalue weighted by Crippen LogP contribution is 2.38. The van der Waals surface area contributed by atoms with E-state index in [2.05, 4.69) is 5.32 Å². The van der Waals surface area contributed by atoms with E-state index in [1.54, 1.807) is 22.7 Å². The molecule has 1 unspecified atom stereocenters.